The number of nitrogens with zero attached hydrogens (tertiary/aromatic N) is 2. The van der Waals surface area contributed by atoms with E-state index < -0.39 is 0 Å². The van der Waals surface area contributed by atoms with Crippen molar-refractivity contribution >= 4 is 16.5 Å². The second kappa shape index (κ2) is 10.9. The van der Waals surface area contributed by atoms with E-state index >= 15 is 0 Å². The standard InChI is InChI=1S/C29H45N3O2S/c1-27(2)10-11-28(3,4)24-20-22(8-9-23(24)27)25-21-35-26(31-25)32-16-12-29(13-17-32,14-19-34)30-15-6-5-7-18-33/h8-9,20-21,30,33-34H,5-7,10-19H2,1-4H3. The van der Waals surface area contributed by atoms with Crippen molar-refractivity contribution in [3.8, 4) is 11.3 Å². The van der Waals surface area contributed by atoms with Crippen LogP contribution in [0.4, 0.5) is 5.13 Å². The Morgan fingerprint density at radius 3 is 2.31 bits per heavy atom. The molecule has 0 bridgehead atoms. The minimum atomic E-state index is 0.0153. The van der Waals surface area contributed by atoms with Crippen LogP contribution in [-0.4, -0.2) is 53.6 Å². The second-order valence-corrected chi connectivity index (χ2v) is 12.8. The Kier molecular flexibility index (Phi) is 8.26. The highest BCUT2D eigenvalue weighted by molar-refractivity contribution is 7.14. The van der Waals surface area contributed by atoms with Gasteiger partial charge < -0.3 is 20.4 Å². The number of aliphatic hydroxyl groups is 2. The molecule has 1 saturated heterocycles. The summed E-state index contributed by atoms with van der Waals surface area (Å²) < 4.78 is 0. The molecule has 6 heteroatoms. The fraction of sp³-hybridized carbons (Fsp3) is 0.690. The zero-order chi connectivity index (χ0) is 25.1. The molecule has 1 aliphatic heterocycles. The summed E-state index contributed by atoms with van der Waals surface area (Å²) in [6.07, 6.45) is 8.27. The topological polar surface area (TPSA) is 68.6 Å². The van der Waals surface area contributed by atoms with Gasteiger partial charge in [-0.05, 0) is 85.9 Å². The molecule has 0 radical (unpaired) electrons. The summed E-state index contributed by atoms with van der Waals surface area (Å²) in [5.74, 6) is 0. The first kappa shape index (κ1) is 26.6. The van der Waals surface area contributed by atoms with Gasteiger partial charge >= 0.3 is 0 Å². The number of benzene rings is 1. The van der Waals surface area contributed by atoms with Crippen LogP contribution in [0.2, 0.25) is 0 Å². The molecule has 1 fully saturated rings. The smallest absolute Gasteiger partial charge is 0.185 e. The molecule has 2 aromatic rings. The minimum Gasteiger partial charge on any atom is -0.396 e. The molecule has 1 aliphatic carbocycles. The number of thiazole rings is 1. The van der Waals surface area contributed by atoms with Crippen LogP contribution in [0.5, 0.6) is 0 Å². The lowest BCUT2D eigenvalue weighted by atomic mass is 9.63. The molecule has 0 unspecified atom stereocenters. The van der Waals surface area contributed by atoms with Crippen molar-refractivity contribution in [2.75, 3.05) is 37.7 Å². The van der Waals surface area contributed by atoms with E-state index in [0.29, 0.717) is 0 Å². The number of anilines is 1. The quantitative estimate of drug-likeness (QED) is 0.370. The van der Waals surface area contributed by atoms with E-state index in [1.54, 1.807) is 11.3 Å². The maximum atomic E-state index is 9.69. The van der Waals surface area contributed by atoms with Gasteiger partial charge in [-0.3, -0.25) is 0 Å². The van der Waals surface area contributed by atoms with E-state index in [1.165, 1.54) is 29.5 Å². The molecule has 0 saturated carbocycles. The summed E-state index contributed by atoms with van der Waals surface area (Å²) in [6.45, 7) is 12.9. The molecule has 1 aromatic carbocycles. The van der Waals surface area contributed by atoms with Gasteiger partial charge in [0.1, 0.15) is 0 Å². The summed E-state index contributed by atoms with van der Waals surface area (Å²) in [4.78, 5) is 7.50. The molecule has 35 heavy (non-hydrogen) atoms. The number of piperidine rings is 1. The molecule has 194 valence electrons. The molecule has 2 aliphatic rings. The molecule has 1 aromatic heterocycles. The highest BCUT2D eigenvalue weighted by Crippen LogP contribution is 2.47. The van der Waals surface area contributed by atoms with Gasteiger partial charge in [-0.25, -0.2) is 4.98 Å². The van der Waals surface area contributed by atoms with E-state index in [1.807, 2.05) is 0 Å². The number of rotatable bonds is 10. The van der Waals surface area contributed by atoms with E-state index in [2.05, 4.69) is 61.5 Å². The molecule has 0 atom stereocenters. The van der Waals surface area contributed by atoms with Crippen LogP contribution in [-0.2, 0) is 10.8 Å². The fourth-order valence-corrected chi connectivity index (χ4v) is 6.80. The Balaban J connectivity index is 1.43. The van der Waals surface area contributed by atoms with Gasteiger partial charge in [0.15, 0.2) is 5.13 Å². The van der Waals surface area contributed by atoms with Crippen LogP contribution in [0.15, 0.2) is 23.6 Å². The minimum absolute atomic E-state index is 0.0153. The number of hydrogen-bond acceptors (Lipinski definition) is 6. The van der Waals surface area contributed by atoms with Gasteiger partial charge in [0, 0.05) is 42.8 Å². The van der Waals surface area contributed by atoms with Gasteiger partial charge in [-0.2, -0.15) is 0 Å². The zero-order valence-corrected chi connectivity index (χ0v) is 23.0. The summed E-state index contributed by atoms with van der Waals surface area (Å²) in [7, 11) is 0. The first-order chi connectivity index (χ1) is 16.7. The molecule has 4 rings (SSSR count). The van der Waals surface area contributed by atoms with Gasteiger partial charge in [0.2, 0.25) is 0 Å². The van der Waals surface area contributed by atoms with Crippen LogP contribution in [0.1, 0.15) is 90.2 Å². The number of unbranched alkanes of at least 4 members (excludes halogenated alkanes) is 2. The Hall–Kier alpha value is -1.47. The lowest BCUT2D eigenvalue weighted by Gasteiger charge is -2.42. The van der Waals surface area contributed by atoms with Gasteiger partial charge in [0.25, 0.3) is 0 Å². The third-order valence-electron chi connectivity index (χ3n) is 8.56. The van der Waals surface area contributed by atoms with Crippen LogP contribution >= 0.6 is 11.3 Å². The van der Waals surface area contributed by atoms with Crippen LogP contribution in [0.3, 0.4) is 0 Å². The van der Waals surface area contributed by atoms with Crippen molar-refractivity contribution < 1.29 is 10.2 Å². The van der Waals surface area contributed by atoms with Crippen LogP contribution in [0, 0.1) is 0 Å². The largest absolute Gasteiger partial charge is 0.396 e. The molecule has 5 nitrogen and oxygen atoms in total. The van der Waals surface area contributed by atoms with Gasteiger partial charge in [-0.1, -0.05) is 39.8 Å². The predicted octanol–water partition coefficient (Wildman–Crippen LogP) is 5.63. The highest BCUT2D eigenvalue weighted by atomic mass is 32.1. The number of hydrogen-bond donors (Lipinski definition) is 3. The average molecular weight is 500 g/mol. The zero-order valence-electron chi connectivity index (χ0n) is 22.2. The van der Waals surface area contributed by atoms with Crippen molar-refractivity contribution in [1.82, 2.24) is 10.3 Å². The molecule has 3 N–H and O–H groups in total. The van der Waals surface area contributed by atoms with Gasteiger partial charge in [-0.15, -0.1) is 11.3 Å². The maximum Gasteiger partial charge on any atom is 0.185 e. The molecule has 0 spiro atoms. The van der Waals surface area contributed by atoms with E-state index in [-0.39, 0.29) is 29.6 Å². The average Bonchev–Trinajstić information content (AvgIpc) is 3.33. The Bertz CT molecular complexity index is 976. The van der Waals surface area contributed by atoms with Crippen molar-refractivity contribution in [1.29, 1.82) is 0 Å². The molecule has 0 amide bonds. The van der Waals surface area contributed by atoms with Crippen molar-refractivity contribution in [2.45, 2.75) is 95.4 Å². The summed E-state index contributed by atoms with van der Waals surface area (Å²) in [5.41, 5.74) is 5.74. The normalized spacial score (nSPS) is 20.6. The third-order valence-corrected chi connectivity index (χ3v) is 9.46. The summed E-state index contributed by atoms with van der Waals surface area (Å²) in [5, 5.41) is 25.8. The van der Waals surface area contributed by atoms with Crippen molar-refractivity contribution in [2.24, 2.45) is 0 Å². The third kappa shape index (κ3) is 5.93. The van der Waals surface area contributed by atoms with Crippen LogP contribution in [0.25, 0.3) is 11.3 Å². The maximum absolute atomic E-state index is 9.69. The number of fused-ring (bicyclic) bond motifs is 1. The lowest BCUT2D eigenvalue weighted by molar-refractivity contribution is 0.179. The van der Waals surface area contributed by atoms with E-state index in [9.17, 15) is 5.11 Å². The highest BCUT2D eigenvalue weighted by Gasteiger charge is 2.37. The van der Waals surface area contributed by atoms with Crippen molar-refractivity contribution in [3.63, 3.8) is 0 Å². The monoisotopic (exact) mass is 499 g/mol. The SMILES string of the molecule is CC1(C)CCC(C)(C)c2cc(-c3csc(N4CCC(CCO)(NCCCCCO)CC4)n3)ccc21. The second-order valence-electron chi connectivity index (χ2n) is 12.0. The summed E-state index contributed by atoms with van der Waals surface area (Å²) in [6, 6.07) is 7.02. The Morgan fingerprint density at radius 1 is 0.914 bits per heavy atom. The van der Waals surface area contributed by atoms with E-state index in [4.69, 9.17) is 10.1 Å². The number of nitrogens with one attached hydrogen (secondary N) is 1. The molecular weight excluding hydrogens is 454 g/mol. The first-order valence-electron chi connectivity index (χ1n) is 13.5. The summed E-state index contributed by atoms with van der Waals surface area (Å²) >= 11 is 1.75. The van der Waals surface area contributed by atoms with Crippen molar-refractivity contribution in [3.05, 3.63) is 34.7 Å². The predicted molar refractivity (Wildman–Crippen MR) is 148 cm³/mol. The Labute approximate surface area is 216 Å². The number of aromatic nitrogens is 1. The molecular formula is C29H45N3O2S. The van der Waals surface area contributed by atoms with E-state index in [0.717, 1.165) is 69.0 Å². The fourth-order valence-electron chi connectivity index (χ4n) is 5.91. The molecule has 2 heterocycles. The first-order valence-corrected chi connectivity index (χ1v) is 14.4. The lowest BCUT2D eigenvalue weighted by Crippen LogP contribution is -2.54. The Morgan fingerprint density at radius 2 is 1.63 bits per heavy atom. The van der Waals surface area contributed by atoms with Crippen LogP contribution < -0.4 is 10.2 Å². The van der Waals surface area contributed by atoms with Gasteiger partial charge in [0.05, 0.1) is 5.69 Å². The number of aliphatic hydroxyl groups excluding tert-OH is 2.